The van der Waals surface area contributed by atoms with Gasteiger partial charge < -0.3 is 10.6 Å². The minimum absolute atomic E-state index is 0.0226. The van der Waals surface area contributed by atoms with Gasteiger partial charge in [-0.15, -0.1) is 0 Å². The first-order valence-electron chi connectivity index (χ1n) is 6.91. The van der Waals surface area contributed by atoms with Crippen molar-refractivity contribution in [2.75, 3.05) is 5.32 Å². The van der Waals surface area contributed by atoms with Crippen LogP contribution in [0.1, 0.15) is 17.9 Å². The molecule has 6 heteroatoms. The number of rotatable bonds is 3. The highest BCUT2D eigenvalue weighted by Crippen LogP contribution is 2.41. The fourth-order valence-electron chi connectivity index (χ4n) is 2.32. The number of nitrogens with one attached hydrogen (secondary N) is 2. The summed E-state index contributed by atoms with van der Waals surface area (Å²) in [6, 6.07) is 10.9. The quantitative estimate of drug-likeness (QED) is 0.854. The van der Waals surface area contributed by atoms with Crippen molar-refractivity contribution < 1.29 is 9.59 Å². The van der Waals surface area contributed by atoms with Gasteiger partial charge in [0.25, 0.3) is 0 Å². The Kier molecular flexibility index (Phi) is 4.06. The van der Waals surface area contributed by atoms with Crippen LogP contribution >= 0.6 is 11.6 Å². The Morgan fingerprint density at radius 3 is 2.77 bits per heavy atom. The first-order chi connectivity index (χ1) is 10.6. The molecule has 1 aromatic heterocycles. The fourth-order valence-corrected chi connectivity index (χ4v) is 2.52. The molecule has 22 heavy (non-hydrogen) atoms. The van der Waals surface area contributed by atoms with Crippen LogP contribution in [0.4, 0.5) is 5.69 Å². The second-order valence-corrected chi connectivity index (χ2v) is 5.61. The van der Waals surface area contributed by atoms with Gasteiger partial charge in [0.2, 0.25) is 0 Å². The third-order valence-corrected chi connectivity index (χ3v) is 3.74. The lowest BCUT2D eigenvalue weighted by Gasteiger charge is -2.06. The Morgan fingerprint density at radius 2 is 2.05 bits per heavy atom. The smallest absolute Gasteiger partial charge is 0.313 e. The van der Waals surface area contributed by atoms with Gasteiger partial charge in [-0.05, 0) is 36.2 Å². The van der Waals surface area contributed by atoms with Crippen molar-refractivity contribution in [1.29, 1.82) is 0 Å². The number of hydrogen-bond donors (Lipinski definition) is 2. The van der Waals surface area contributed by atoms with E-state index in [2.05, 4.69) is 15.6 Å². The zero-order valence-corrected chi connectivity index (χ0v) is 12.4. The predicted molar refractivity (Wildman–Crippen MR) is 83.6 cm³/mol. The lowest BCUT2D eigenvalue weighted by Crippen LogP contribution is -2.37. The molecule has 0 spiro atoms. The molecule has 1 aliphatic carbocycles. The molecule has 2 N–H and O–H groups in total. The highest BCUT2D eigenvalue weighted by atomic mass is 35.5. The van der Waals surface area contributed by atoms with Gasteiger partial charge in [0, 0.05) is 23.2 Å². The van der Waals surface area contributed by atoms with Gasteiger partial charge in [-0.25, -0.2) is 0 Å². The van der Waals surface area contributed by atoms with Crippen molar-refractivity contribution in [1.82, 2.24) is 10.3 Å². The van der Waals surface area contributed by atoms with Crippen LogP contribution in [0.2, 0.25) is 5.02 Å². The number of carbonyl (C=O) groups is 2. The zero-order chi connectivity index (χ0) is 15.5. The predicted octanol–water partition coefficient (Wildman–Crippen LogP) is 2.35. The second-order valence-electron chi connectivity index (χ2n) is 5.17. The summed E-state index contributed by atoms with van der Waals surface area (Å²) in [7, 11) is 0. The van der Waals surface area contributed by atoms with Gasteiger partial charge in [-0.3, -0.25) is 14.6 Å². The minimum atomic E-state index is -0.690. The largest absolute Gasteiger partial charge is 0.344 e. The molecular formula is C16H14ClN3O2. The molecule has 2 aromatic rings. The number of hydrogen-bond acceptors (Lipinski definition) is 3. The van der Waals surface area contributed by atoms with Crippen LogP contribution in [0, 0.1) is 0 Å². The number of aromatic nitrogens is 1. The van der Waals surface area contributed by atoms with Gasteiger partial charge in [0.1, 0.15) is 0 Å². The fraction of sp³-hybridized carbons (Fsp3) is 0.188. The monoisotopic (exact) mass is 315 g/mol. The molecule has 0 unspecified atom stereocenters. The third kappa shape index (κ3) is 3.43. The van der Waals surface area contributed by atoms with Gasteiger partial charge in [-0.1, -0.05) is 23.7 Å². The lowest BCUT2D eigenvalue weighted by atomic mass is 10.1. The standard InChI is InChI=1S/C16H14ClN3O2/c17-11-4-1-3-10(7-11)13-8-14(13)20-16(22)15(21)19-12-5-2-6-18-9-12/h1-7,9,13-14H,8H2,(H,19,21)(H,20,22)/t13-,14+/m1/s1. The first-order valence-corrected chi connectivity index (χ1v) is 7.28. The number of benzene rings is 1. The second kappa shape index (κ2) is 6.15. The summed E-state index contributed by atoms with van der Waals surface area (Å²) >= 11 is 5.95. The Balaban J connectivity index is 1.54. The highest BCUT2D eigenvalue weighted by molar-refractivity contribution is 6.39. The third-order valence-electron chi connectivity index (χ3n) is 3.51. The van der Waals surface area contributed by atoms with Crippen molar-refractivity contribution >= 4 is 29.1 Å². The molecule has 1 aliphatic rings. The van der Waals surface area contributed by atoms with Crippen LogP contribution in [0.25, 0.3) is 0 Å². The van der Waals surface area contributed by atoms with Gasteiger partial charge in [-0.2, -0.15) is 0 Å². The van der Waals surface area contributed by atoms with E-state index < -0.39 is 11.8 Å². The van der Waals surface area contributed by atoms with Crippen LogP contribution in [-0.4, -0.2) is 22.8 Å². The maximum Gasteiger partial charge on any atom is 0.313 e. The number of carbonyl (C=O) groups excluding carboxylic acids is 2. The topological polar surface area (TPSA) is 71.1 Å². The molecule has 0 saturated heterocycles. The van der Waals surface area contributed by atoms with Crippen LogP contribution in [0.3, 0.4) is 0 Å². The Labute approximate surface area is 132 Å². The minimum Gasteiger partial charge on any atom is -0.344 e. The molecule has 2 amide bonds. The molecule has 1 aromatic carbocycles. The van der Waals surface area contributed by atoms with E-state index in [4.69, 9.17) is 11.6 Å². The van der Waals surface area contributed by atoms with E-state index in [1.807, 2.05) is 24.3 Å². The first kappa shape index (κ1) is 14.5. The molecule has 1 saturated carbocycles. The molecule has 5 nitrogen and oxygen atoms in total. The van der Waals surface area contributed by atoms with E-state index in [1.165, 1.54) is 6.20 Å². The van der Waals surface area contributed by atoms with Crippen molar-refractivity contribution in [2.45, 2.75) is 18.4 Å². The Hall–Kier alpha value is -2.40. The van der Waals surface area contributed by atoms with E-state index in [1.54, 1.807) is 18.3 Å². The summed E-state index contributed by atoms with van der Waals surface area (Å²) < 4.78 is 0. The van der Waals surface area contributed by atoms with Crippen LogP contribution in [0.15, 0.2) is 48.8 Å². The summed E-state index contributed by atoms with van der Waals surface area (Å²) in [5.74, 6) is -1.11. The van der Waals surface area contributed by atoms with Gasteiger partial charge in [0.05, 0.1) is 11.9 Å². The molecule has 3 rings (SSSR count). The molecule has 1 fully saturated rings. The normalized spacial score (nSPS) is 19.3. The van der Waals surface area contributed by atoms with Gasteiger partial charge in [0.15, 0.2) is 0 Å². The molecular weight excluding hydrogens is 302 g/mol. The van der Waals surface area contributed by atoms with Crippen molar-refractivity contribution in [3.05, 3.63) is 59.4 Å². The van der Waals surface area contributed by atoms with Crippen molar-refractivity contribution in [2.24, 2.45) is 0 Å². The molecule has 112 valence electrons. The molecule has 0 aliphatic heterocycles. The summed E-state index contributed by atoms with van der Waals surface area (Å²) in [5.41, 5.74) is 1.57. The van der Waals surface area contributed by atoms with E-state index in [0.29, 0.717) is 10.7 Å². The maximum absolute atomic E-state index is 11.9. The number of nitrogens with zero attached hydrogens (tertiary/aromatic N) is 1. The van der Waals surface area contributed by atoms with Crippen molar-refractivity contribution in [3.8, 4) is 0 Å². The molecule has 0 radical (unpaired) electrons. The Bertz CT molecular complexity index is 706. The van der Waals surface area contributed by atoms with E-state index >= 15 is 0 Å². The average molecular weight is 316 g/mol. The van der Waals surface area contributed by atoms with Gasteiger partial charge >= 0.3 is 11.8 Å². The van der Waals surface area contributed by atoms with E-state index in [-0.39, 0.29) is 12.0 Å². The van der Waals surface area contributed by atoms with Crippen LogP contribution in [-0.2, 0) is 9.59 Å². The SMILES string of the molecule is O=C(Nc1cccnc1)C(=O)N[C@H]1C[C@@H]1c1cccc(Cl)c1. The zero-order valence-electron chi connectivity index (χ0n) is 11.6. The number of amides is 2. The van der Waals surface area contributed by atoms with Crippen molar-refractivity contribution in [3.63, 3.8) is 0 Å². The number of pyridine rings is 1. The Morgan fingerprint density at radius 1 is 1.18 bits per heavy atom. The highest BCUT2D eigenvalue weighted by Gasteiger charge is 2.40. The average Bonchev–Trinajstić information content (AvgIpc) is 3.27. The number of anilines is 1. The molecule has 0 bridgehead atoms. The summed E-state index contributed by atoms with van der Waals surface area (Å²) in [4.78, 5) is 27.5. The summed E-state index contributed by atoms with van der Waals surface area (Å²) in [6.45, 7) is 0. The van der Waals surface area contributed by atoms with E-state index in [9.17, 15) is 9.59 Å². The summed E-state index contributed by atoms with van der Waals surface area (Å²) in [5, 5.41) is 5.90. The van der Waals surface area contributed by atoms with Crippen LogP contribution in [0.5, 0.6) is 0 Å². The molecule has 1 heterocycles. The maximum atomic E-state index is 11.9. The number of halogens is 1. The summed E-state index contributed by atoms with van der Waals surface area (Å²) in [6.07, 6.45) is 3.89. The van der Waals surface area contributed by atoms with E-state index in [0.717, 1.165) is 12.0 Å². The molecule has 2 atom stereocenters. The van der Waals surface area contributed by atoms with Crippen LogP contribution < -0.4 is 10.6 Å². The lowest BCUT2D eigenvalue weighted by molar-refractivity contribution is -0.136.